The maximum absolute atomic E-state index is 12.8. The van der Waals surface area contributed by atoms with E-state index in [9.17, 15) is 14.4 Å². The van der Waals surface area contributed by atoms with Gasteiger partial charge < -0.3 is 0 Å². The largest absolute Gasteiger partial charge is 0.332 e. The summed E-state index contributed by atoms with van der Waals surface area (Å²) in [7, 11) is 2.99. The molecular weight excluding hydrogens is 396 g/mol. The number of carbonyl (C=O) groups excluding carboxylic acids is 1. The van der Waals surface area contributed by atoms with Gasteiger partial charge in [-0.1, -0.05) is 11.6 Å². The molecule has 0 aliphatic carbocycles. The summed E-state index contributed by atoms with van der Waals surface area (Å²) in [5, 5.41) is 6.52. The van der Waals surface area contributed by atoms with Crippen molar-refractivity contribution < 1.29 is 4.79 Å². The number of hydrazone groups is 1. The molecule has 1 aliphatic rings. The number of rotatable bonds is 3. The molecule has 0 bridgehead atoms. The van der Waals surface area contributed by atoms with Crippen LogP contribution in [0, 0.1) is 0 Å². The quantitative estimate of drug-likeness (QED) is 0.608. The Morgan fingerprint density at radius 3 is 2.45 bits per heavy atom. The van der Waals surface area contributed by atoms with E-state index in [1.807, 2.05) is 13.8 Å². The van der Waals surface area contributed by atoms with Gasteiger partial charge in [-0.15, -0.1) is 0 Å². The van der Waals surface area contributed by atoms with Crippen molar-refractivity contribution in [1.82, 2.24) is 18.7 Å². The standard InChI is InChI=1S/C19H19ClN6O3/c1-10-11(2)26-15-16(23(3)19(29)24(4)17(15)28)21-18(26)25(22-10)9-14(27)12-5-7-13(20)8-6-12/h5-8,11H,9H2,1-4H3/t11-/m0/s1. The van der Waals surface area contributed by atoms with Crippen molar-refractivity contribution in [1.29, 1.82) is 0 Å². The van der Waals surface area contributed by atoms with Crippen LogP contribution in [-0.2, 0) is 14.1 Å². The van der Waals surface area contributed by atoms with E-state index in [0.717, 1.165) is 10.3 Å². The smallest absolute Gasteiger partial charge is 0.294 e. The normalized spacial score (nSPS) is 16.1. The maximum Gasteiger partial charge on any atom is 0.332 e. The Hall–Kier alpha value is -3.20. The minimum Gasteiger partial charge on any atom is -0.294 e. The van der Waals surface area contributed by atoms with Gasteiger partial charge in [0.2, 0.25) is 5.95 Å². The summed E-state index contributed by atoms with van der Waals surface area (Å²) in [6.07, 6.45) is 0. The first-order valence-electron chi connectivity index (χ1n) is 9.00. The number of imidazole rings is 1. The van der Waals surface area contributed by atoms with Gasteiger partial charge in [0.1, 0.15) is 6.54 Å². The van der Waals surface area contributed by atoms with Gasteiger partial charge in [0.05, 0.1) is 11.8 Å². The number of nitrogens with zero attached hydrogens (tertiary/aromatic N) is 6. The molecule has 3 heterocycles. The van der Waals surface area contributed by atoms with Gasteiger partial charge in [0.25, 0.3) is 5.56 Å². The van der Waals surface area contributed by atoms with E-state index in [1.165, 1.54) is 16.6 Å². The minimum absolute atomic E-state index is 0.0662. The molecule has 0 radical (unpaired) electrons. The summed E-state index contributed by atoms with van der Waals surface area (Å²) in [6.45, 7) is 3.65. The van der Waals surface area contributed by atoms with Gasteiger partial charge in [0, 0.05) is 24.7 Å². The maximum atomic E-state index is 12.8. The molecule has 0 amide bonds. The number of Topliss-reactive ketones (excluding diaryl/α,β-unsaturated/α-hetero) is 1. The van der Waals surface area contributed by atoms with E-state index >= 15 is 0 Å². The molecule has 10 heteroatoms. The molecule has 0 N–H and O–H groups in total. The van der Waals surface area contributed by atoms with Crippen LogP contribution in [-0.4, -0.2) is 36.7 Å². The molecule has 0 saturated carbocycles. The van der Waals surface area contributed by atoms with Gasteiger partial charge in [-0.25, -0.2) is 9.80 Å². The topological polar surface area (TPSA) is 94.5 Å². The van der Waals surface area contributed by atoms with Crippen molar-refractivity contribution in [2.75, 3.05) is 11.6 Å². The van der Waals surface area contributed by atoms with Crippen LogP contribution in [0.4, 0.5) is 5.95 Å². The number of hydrogen-bond acceptors (Lipinski definition) is 6. The fourth-order valence-corrected chi connectivity index (χ4v) is 3.55. The molecule has 9 nitrogen and oxygen atoms in total. The van der Waals surface area contributed by atoms with E-state index in [-0.39, 0.29) is 24.0 Å². The molecule has 29 heavy (non-hydrogen) atoms. The summed E-state index contributed by atoms with van der Waals surface area (Å²) in [5.41, 5.74) is 0.868. The Labute approximate surface area is 170 Å². The Morgan fingerprint density at radius 2 is 1.79 bits per heavy atom. The molecule has 1 aromatic carbocycles. The van der Waals surface area contributed by atoms with Gasteiger partial charge in [-0.3, -0.25) is 23.3 Å². The number of ketones is 1. The van der Waals surface area contributed by atoms with Crippen LogP contribution in [0.25, 0.3) is 11.2 Å². The fraction of sp³-hybridized carbons (Fsp3) is 0.316. The Morgan fingerprint density at radius 1 is 1.14 bits per heavy atom. The number of anilines is 1. The Balaban J connectivity index is 1.87. The molecule has 1 atom stereocenters. The van der Waals surface area contributed by atoms with Gasteiger partial charge in [0.15, 0.2) is 16.9 Å². The predicted molar refractivity (Wildman–Crippen MR) is 111 cm³/mol. The molecule has 0 spiro atoms. The van der Waals surface area contributed by atoms with E-state index in [1.54, 1.807) is 35.9 Å². The molecule has 1 aliphatic heterocycles. The molecule has 4 rings (SSSR count). The second-order valence-corrected chi connectivity index (χ2v) is 7.50. The number of fused-ring (bicyclic) bond motifs is 3. The van der Waals surface area contributed by atoms with Crippen LogP contribution in [0.5, 0.6) is 0 Å². The van der Waals surface area contributed by atoms with Crippen molar-refractivity contribution in [3.05, 3.63) is 55.7 Å². The monoisotopic (exact) mass is 414 g/mol. The summed E-state index contributed by atoms with van der Waals surface area (Å²) < 4.78 is 4.10. The number of hydrogen-bond donors (Lipinski definition) is 0. The van der Waals surface area contributed by atoms with Crippen molar-refractivity contribution in [2.24, 2.45) is 19.2 Å². The van der Waals surface area contributed by atoms with Crippen molar-refractivity contribution in [3.8, 4) is 0 Å². The predicted octanol–water partition coefficient (Wildman–Crippen LogP) is 1.73. The second kappa shape index (κ2) is 6.70. The zero-order chi connectivity index (χ0) is 21.0. The molecule has 0 saturated heterocycles. The first-order chi connectivity index (χ1) is 13.7. The average Bonchev–Trinajstić information content (AvgIpc) is 3.10. The first-order valence-corrected chi connectivity index (χ1v) is 9.38. The molecule has 3 aromatic rings. The van der Waals surface area contributed by atoms with Crippen molar-refractivity contribution in [2.45, 2.75) is 19.9 Å². The van der Waals surface area contributed by atoms with E-state index in [2.05, 4.69) is 10.1 Å². The van der Waals surface area contributed by atoms with Crippen LogP contribution in [0.1, 0.15) is 30.2 Å². The summed E-state index contributed by atoms with van der Waals surface area (Å²) in [4.78, 5) is 42.4. The second-order valence-electron chi connectivity index (χ2n) is 7.06. The summed E-state index contributed by atoms with van der Waals surface area (Å²) in [6, 6.07) is 6.35. The van der Waals surface area contributed by atoms with E-state index in [0.29, 0.717) is 22.1 Å². The zero-order valence-electron chi connectivity index (χ0n) is 16.4. The van der Waals surface area contributed by atoms with Crippen LogP contribution in [0.3, 0.4) is 0 Å². The number of carbonyl (C=O) groups is 1. The van der Waals surface area contributed by atoms with Gasteiger partial charge >= 0.3 is 5.69 Å². The van der Waals surface area contributed by atoms with Crippen LogP contribution in [0.15, 0.2) is 39.0 Å². The molecule has 2 aromatic heterocycles. The van der Waals surface area contributed by atoms with E-state index in [4.69, 9.17) is 11.6 Å². The average molecular weight is 415 g/mol. The zero-order valence-corrected chi connectivity index (χ0v) is 17.1. The Kier molecular flexibility index (Phi) is 4.42. The third-order valence-corrected chi connectivity index (χ3v) is 5.49. The molecule has 0 unspecified atom stereocenters. The lowest BCUT2D eigenvalue weighted by Gasteiger charge is -2.28. The Bertz CT molecular complexity index is 1300. The van der Waals surface area contributed by atoms with Crippen LogP contribution < -0.4 is 16.3 Å². The minimum atomic E-state index is -0.466. The highest BCUT2D eigenvalue weighted by Gasteiger charge is 2.31. The molecule has 150 valence electrons. The van der Waals surface area contributed by atoms with Crippen molar-refractivity contribution in [3.63, 3.8) is 0 Å². The lowest BCUT2D eigenvalue weighted by Crippen LogP contribution is -2.39. The van der Waals surface area contributed by atoms with Crippen LogP contribution >= 0.6 is 11.6 Å². The lowest BCUT2D eigenvalue weighted by atomic mass is 10.1. The number of halogens is 1. The third kappa shape index (κ3) is 2.89. The third-order valence-electron chi connectivity index (χ3n) is 5.23. The molecular formula is C19H19ClN6O3. The highest BCUT2D eigenvalue weighted by atomic mass is 35.5. The van der Waals surface area contributed by atoms with Crippen molar-refractivity contribution >= 4 is 40.2 Å². The molecule has 0 fully saturated rings. The fourth-order valence-electron chi connectivity index (χ4n) is 3.43. The lowest BCUT2D eigenvalue weighted by molar-refractivity contribution is 0.0998. The summed E-state index contributed by atoms with van der Waals surface area (Å²) in [5.74, 6) is 0.173. The number of benzene rings is 1. The highest BCUT2D eigenvalue weighted by molar-refractivity contribution is 6.30. The van der Waals surface area contributed by atoms with Gasteiger partial charge in [-0.2, -0.15) is 10.1 Å². The SMILES string of the molecule is CC1=NN(CC(=O)c2ccc(Cl)cc2)c2nc3c(c(=O)n(C)c(=O)n3C)n2[C@H]1C. The first kappa shape index (κ1) is 19.1. The number of aromatic nitrogens is 4. The van der Waals surface area contributed by atoms with E-state index < -0.39 is 11.2 Å². The van der Waals surface area contributed by atoms with Crippen LogP contribution in [0.2, 0.25) is 5.02 Å². The highest BCUT2D eigenvalue weighted by Crippen LogP contribution is 2.29. The van der Waals surface area contributed by atoms with Gasteiger partial charge in [-0.05, 0) is 38.1 Å². The number of aryl methyl sites for hydroxylation is 1. The summed E-state index contributed by atoms with van der Waals surface area (Å²) >= 11 is 5.89.